The number of Topliss-reactive ketones (excluding diaryl/α,β-unsaturated/α-hetero) is 2. The van der Waals surface area contributed by atoms with E-state index in [2.05, 4.69) is 4.98 Å². The Morgan fingerprint density at radius 3 is 2.38 bits per heavy atom. The maximum Gasteiger partial charge on any atom is 0.296 e. The summed E-state index contributed by atoms with van der Waals surface area (Å²) in [5, 5.41) is 10.3. The van der Waals surface area contributed by atoms with E-state index in [-0.39, 0.29) is 30.8 Å². The number of aryl methyl sites for hydroxylation is 1. The molecule has 1 amide bonds. The number of morpholine rings is 1. The predicted octanol–water partition coefficient (Wildman–Crippen LogP) is 1.54. The summed E-state index contributed by atoms with van der Waals surface area (Å²) in [6.45, 7) is 4.66. The van der Waals surface area contributed by atoms with E-state index in [1.807, 2.05) is 0 Å². The molecule has 0 atom stereocenters. The third kappa shape index (κ3) is 5.56. The molecule has 1 aromatic carbocycles. The summed E-state index contributed by atoms with van der Waals surface area (Å²) in [7, 11) is 1.38. The van der Waals surface area contributed by atoms with Gasteiger partial charge in [-0.1, -0.05) is 26.0 Å². The van der Waals surface area contributed by atoms with Crippen LogP contribution in [0.1, 0.15) is 48.6 Å². The van der Waals surface area contributed by atoms with Crippen molar-refractivity contribution in [3.05, 3.63) is 57.5 Å². The van der Waals surface area contributed by atoms with Gasteiger partial charge in [-0.15, -0.1) is 0 Å². The zero-order chi connectivity index (χ0) is 25.0. The van der Waals surface area contributed by atoms with E-state index >= 15 is 0 Å². The number of rotatable bonds is 8. The molecule has 1 saturated heterocycles. The van der Waals surface area contributed by atoms with Gasteiger partial charge >= 0.3 is 0 Å². The number of hydrogen-bond acceptors (Lipinski definition) is 7. The quantitative estimate of drug-likeness (QED) is 0.456. The average molecular weight is 474 g/mol. The number of nitrogens with zero attached hydrogens (tertiary/aromatic N) is 3. The van der Waals surface area contributed by atoms with Crippen molar-refractivity contribution >= 4 is 17.5 Å². The first-order valence-electron chi connectivity index (χ1n) is 11.0. The molecule has 1 aliphatic rings. The summed E-state index contributed by atoms with van der Waals surface area (Å²) < 4.78 is 19.4. The van der Waals surface area contributed by atoms with Crippen LogP contribution in [-0.2, 0) is 33.2 Å². The Kier molecular flexibility index (Phi) is 7.61. The maximum atomic E-state index is 13.1. The summed E-state index contributed by atoms with van der Waals surface area (Å²) in [6.07, 6.45) is -0.0359. The summed E-state index contributed by atoms with van der Waals surface area (Å²) >= 11 is 0. The molecule has 0 aliphatic carbocycles. The second-order valence-corrected chi connectivity index (χ2v) is 8.93. The monoisotopic (exact) mass is 473 g/mol. The molecule has 10 heteroatoms. The highest BCUT2D eigenvalue weighted by atomic mass is 19.1. The summed E-state index contributed by atoms with van der Waals surface area (Å²) in [5.74, 6) is -2.90. The number of ether oxygens (including phenoxy) is 1. The van der Waals surface area contributed by atoms with Crippen molar-refractivity contribution in [3.8, 4) is 5.75 Å². The molecule has 0 spiro atoms. The lowest BCUT2D eigenvalue weighted by Gasteiger charge is -2.29. The fourth-order valence-corrected chi connectivity index (χ4v) is 3.92. The van der Waals surface area contributed by atoms with E-state index in [9.17, 15) is 28.7 Å². The number of carbonyl (C=O) groups is 3. The van der Waals surface area contributed by atoms with Gasteiger partial charge in [-0.05, 0) is 24.1 Å². The normalized spacial score (nSPS) is 14.2. The van der Waals surface area contributed by atoms with Crippen molar-refractivity contribution in [1.29, 1.82) is 0 Å². The summed E-state index contributed by atoms with van der Waals surface area (Å²) in [6, 6.07) is 5.66. The van der Waals surface area contributed by atoms with Crippen LogP contribution in [-0.4, -0.2) is 63.3 Å². The van der Waals surface area contributed by atoms with Gasteiger partial charge in [-0.3, -0.25) is 23.7 Å². The highest BCUT2D eigenvalue weighted by Crippen LogP contribution is 2.27. The van der Waals surface area contributed by atoms with Crippen LogP contribution in [0.25, 0.3) is 0 Å². The Bertz CT molecular complexity index is 1150. The van der Waals surface area contributed by atoms with Crippen LogP contribution in [0.2, 0.25) is 0 Å². The van der Waals surface area contributed by atoms with Crippen molar-refractivity contribution in [1.82, 2.24) is 14.5 Å². The summed E-state index contributed by atoms with van der Waals surface area (Å²) in [4.78, 5) is 56.4. The molecule has 34 heavy (non-hydrogen) atoms. The average Bonchev–Trinajstić information content (AvgIpc) is 2.81. The van der Waals surface area contributed by atoms with Gasteiger partial charge in [0.1, 0.15) is 11.6 Å². The largest absolute Gasteiger partial charge is 0.501 e. The Labute approximate surface area is 196 Å². The number of benzene rings is 1. The van der Waals surface area contributed by atoms with Gasteiger partial charge in [0.15, 0.2) is 11.5 Å². The molecule has 0 unspecified atom stereocenters. The number of aromatic hydroxyl groups is 1. The molecular weight excluding hydrogens is 445 g/mol. The van der Waals surface area contributed by atoms with Gasteiger partial charge < -0.3 is 14.7 Å². The van der Waals surface area contributed by atoms with Crippen LogP contribution in [0.3, 0.4) is 0 Å². The molecule has 0 bridgehead atoms. The third-order valence-corrected chi connectivity index (χ3v) is 5.83. The topological polar surface area (TPSA) is 119 Å². The molecular formula is C24H28FN3O6. The number of hydrogen-bond donors (Lipinski definition) is 1. The lowest BCUT2D eigenvalue weighted by Crippen LogP contribution is -2.45. The van der Waals surface area contributed by atoms with Gasteiger partial charge in [0.25, 0.3) is 11.5 Å². The first-order chi connectivity index (χ1) is 16.0. The highest BCUT2D eigenvalue weighted by molar-refractivity contribution is 6.36. The van der Waals surface area contributed by atoms with Gasteiger partial charge in [-0.25, -0.2) is 9.37 Å². The van der Waals surface area contributed by atoms with E-state index in [0.717, 1.165) is 4.57 Å². The molecule has 9 nitrogen and oxygen atoms in total. The molecule has 1 fully saturated rings. The van der Waals surface area contributed by atoms with Crippen LogP contribution in [0.4, 0.5) is 4.39 Å². The third-order valence-electron chi connectivity index (χ3n) is 5.83. The molecule has 182 valence electrons. The smallest absolute Gasteiger partial charge is 0.296 e. The van der Waals surface area contributed by atoms with E-state index in [0.29, 0.717) is 31.9 Å². The Balaban J connectivity index is 1.82. The fourth-order valence-electron chi connectivity index (χ4n) is 3.92. The minimum atomic E-state index is -1.08. The predicted molar refractivity (Wildman–Crippen MR) is 120 cm³/mol. The van der Waals surface area contributed by atoms with E-state index in [4.69, 9.17) is 4.74 Å². The molecule has 3 rings (SSSR count). The molecule has 2 aromatic rings. The van der Waals surface area contributed by atoms with E-state index in [1.165, 1.54) is 24.1 Å². The number of ketones is 2. The first-order valence-corrected chi connectivity index (χ1v) is 11.0. The fraction of sp³-hybridized carbons (Fsp3) is 0.458. The van der Waals surface area contributed by atoms with E-state index < -0.39 is 40.0 Å². The maximum absolute atomic E-state index is 13.1. The van der Waals surface area contributed by atoms with Gasteiger partial charge in [-0.2, -0.15) is 0 Å². The molecule has 0 radical (unpaired) electrons. The van der Waals surface area contributed by atoms with Crippen LogP contribution < -0.4 is 5.56 Å². The minimum Gasteiger partial charge on any atom is -0.501 e. The van der Waals surface area contributed by atoms with Crippen molar-refractivity contribution in [2.45, 2.75) is 38.5 Å². The van der Waals surface area contributed by atoms with Crippen molar-refractivity contribution < 1.29 is 28.6 Å². The van der Waals surface area contributed by atoms with E-state index in [1.54, 1.807) is 26.0 Å². The first kappa shape index (κ1) is 25.2. The second-order valence-electron chi connectivity index (χ2n) is 8.93. The number of aromatic nitrogens is 2. The molecule has 1 aromatic heterocycles. The van der Waals surface area contributed by atoms with Crippen molar-refractivity contribution in [2.75, 3.05) is 26.3 Å². The SMILES string of the molecule is Cn1c(C(C)(C)CC(=O)C(=O)N2CCOCC2)nc(C(=O)CCc2ccc(F)cc2)c(O)c1=O. The van der Waals surface area contributed by atoms with Crippen molar-refractivity contribution in [3.63, 3.8) is 0 Å². The Morgan fingerprint density at radius 1 is 1.15 bits per heavy atom. The Hall–Kier alpha value is -3.40. The summed E-state index contributed by atoms with van der Waals surface area (Å²) in [5.41, 5.74) is -1.58. The van der Waals surface area contributed by atoms with Gasteiger partial charge in [0.2, 0.25) is 11.5 Å². The number of amides is 1. The molecule has 1 aliphatic heterocycles. The van der Waals surface area contributed by atoms with Gasteiger partial charge in [0, 0.05) is 38.4 Å². The number of halogens is 1. The zero-order valence-electron chi connectivity index (χ0n) is 19.5. The zero-order valence-corrected chi connectivity index (χ0v) is 19.5. The second kappa shape index (κ2) is 10.3. The molecule has 0 saturated carbocycles. The van der Waals surface area contributed by atoms with Crippen LogP contribution in [0.15, 0.2) is 29.1 Å². The van der Waals surface area contributed by atoms with Crippen LogP contribution >= 0.6 is 0 Å². The van der Waals surface area contributed by atoms with Gasteiger partial charge in [0.05, 0.1) is 13.2 Å². The molecule has 2 heterocycles. The standard InChI is InChI=1S/C24H28FN3O6/c1-24(2,14-18(30)21(32)28-10-12-34-13-11-28)23-26-19(20(31)22(33)27(23)3)17(29)9-6-15-4-7-16(25)8-5-15/h4-5,7-8,31H,6,9-14H2,1-3H3. The lowest BCUT2D eigenvalue weighted by atomic mass is 9.85. The minimum absolute atomic E-state index is 0.0618. The Morgan fingerprint density at radius 2 is 1.76 bits per heavy atom. The van der Waals surface area contributed by atoms with Crippen LogP contribution in [0, 0.1) is 5.82 Å². The van der Waals surface area contributed by atoms with Crippen molar-refractivity contribution in [2.24, 2.45) is 7.05 Å². The highest BCUT2D eigenvalue weighted by Gasteiger charge is 2.35. The number of carbonyl (C=O) groups excluding carboxylic acids is 3. The van der Waals surface area contributed by atoms with Crippen LogP contribution in [0.5, 0.6) is 5.75 Å². The lowest BCUT2D eigenvalue weighted by molar-refractivity contribution is -0.147. The molecule has 1 N–H and O–H groups in total.